The van der Waals surface area contributed by atoms with Gasteiger partial charge in [0.1, 0.15) is 48.8 Å². The molecule has 9 rings (SSSR count). The molecular weight excluding hydrogens is 957 g/mol. The van der Waals surface area contributed by atoms with E-state index in [-0.39, 0.29) is 59.3 Å². The molecule has 7 aromatic rings. The highest BCUT2D eigenvalue weighted by atomic mass is 16.8. The van der Waals surface area contributed by atoms with Crippen molar-refractivity contribution in [3.63, 3.8) is 0 Å². The molecule has 2 aliphatic heterocycles. The van der Waals surface area contributed by atoms with Crippen LogP contribution < -0.4 is 0 Å². The maximum atomic E-state index is 7.45. The van der Waals surface area contributed by atoms with Crippen LogP contribution in [0, 0.1) is 0 Å². The molecule has 0 bridgehead atoms. The molecule has 0 radical (unpaired) electrons. The summed E-state index contributed by atoms with van der Waals surface area (Å²) in [5, 5.41) is 0. The van der Waals surface area contributed by atoms with Gasteiger partial charge in [0.15, 0.2) is 6.29 Å². The van der Waals surface area contributed by atoms with Crippen LogP contribution in [0.5, 0.6) is 0 Å². The Balaban J connectivity index is 1.10. The zero-order chi connectivity index (χ0) is 52.0. The Morgan fingerprint density at radius 3 is 1.13 bits per heavy atom. The molecule has 2 saturated heterocycles. The molecule has 0 unspecified atom stereocenters. The van der Waals surface area contributed by atoms with Crippen LogP contribution in [0.2, 0.25) is 0 Å². The summed E-state index contributed by atoms with van der Waals surface area (Å²) in [7, 11) is 1.61. The van der Waals surface area contributed by atoms with E-state index >= 15 is 0 Å². The first-order valence-electron chi connectivity index (χ1n) is 26.2. The van der Waals surface area contributed by atoms with E-state index in [0.29, 0.717) is 6.61 Å². The normalized spacial score (nSPS) is 24.5. The van der Waals surface area contributed by atoms with Crippen LogP contribution in [-0.4, -0.2) is 81.2 Å². The zero-order valence-electron chi connectivity index (χ0n) is 43.2. The van der Waals surface area contributed by atoms with Gasteiger partial charge in [0, 0.05) is 13.5 Å². The highest BCUT2D eigenvalue weighted by molar-refractivity contribution is 5.19. The molecule has 0 amide bonds. The topological polar surface area (TPSA) is 102 Å². The van der Waals surface area contributed by atoms with Crippen LogP contribution in [0.25, 0.3) is 0 Å². The molecule has 11 nitrogen and oxygen atoms in total. The third-order valence-corrected chi connectivity index (χ3v) is 13.6. The number of hydrogen-bond donors (Lipinski definition) is 0. The molecule has 2 fully saturated rings. The van der Waals surface area contributed by atoms with Gasteiger partial charge in [-0.1, -0.05) is 218 Å². The molecule has 7 aromatic carbocycles. The van der Waals surface area contributed by atoms with Crippen LogP contribution in [0.3, 0.4) is 0 Å². The van der Waals surface area contributed by atoms with E-state index in [9.17, 15) is 0 Å². The Hall–Kier alpha value is -6.16. The van der Waals surface area contributed by atoms with Crippen molar-refractivity contribution in [2.24, 2.45) is 0 Å². The summed E-state index contributed by atoms with van der Waals surface area (Å²) in [4.78, 5) is 0. The SMILES string of the molecule is C=CC[C@]1(OC[C@H]2O[C@H](OC)[C@H](OCc3ccccc3)[C@@H](OCc3ccccc3)[C@@H]2OCc2ccccc2)O[C@H](COCc2ccccc2)[C@@H](OCc2ccccc2)[C@H](OCc2ccccc2)[C@H]1OCc1ccccc1. The fourth-order valence-electron chi connectivity index (χ4n) is 9.75. The molecule has 2 aliphatic rings. The summed E-state index contributed by atoms with van der Waals surface area (Å²) in [6, 6.07) is 70.4. The highest BCUT2D eigenvalue weighted by Crippen LogP contribution is 2.42. The maximum absolute atomic E-state index is 7.45. The van der Waals surface area contributed by atoms with E-state index in [0.717, 1.165) is 38.9 Å². The molecule has 0 N–H and O–H groups in total. The number of rotatable bonds is 28. The van der Waals surface area contributed by atoms with Crippen molar-refractivity contribution in [2.45, 2.75) is 114 Å². The van der Waals surface area contributed by atoms with Crippen LogP contribution >= 0.6 is 0 Å². The number of methoxy groups -OCH3 is 1. The van der Waals surface area contributed by atoms with Crippen LogP contribution in [-0.2, 0) is 98.4 Å². The minimum absolute atomic E-state index is 0.0620. The molecule has 396 valence electrons. The van der Waals surface area contributed by atoms with Crippen molar-refractivity contribution in [1.82, 2.24) is 0 Å². The highest BCUT2D eigenvalue weighted by Gasteiger charge is 2.58. The lowest BCUT2D eigenvalue weighted by atomic mass is 9.89. The standard InChI is InChI=1S/C65H70O11/c1-3-39-65(74-48-56-58(68-41-50-27-13-5-14-28-50)60(70-43-52-31-17-7-18-32-52)62(64(66-2)75-56)72-45-54-35-21-9-22-36-54)63(73-46-55-37-23-10-24-38-55)61(71-44-53-33-19-8-20-34-53)59(69-42-51-29-15-6-16-30-51)57(76-65)47-67-40-49-25-11-4-12-26-49/h3-38,56-64H,1,39-48H2,2H3/t56-,57-,58-,59-,60+,61+,62-,63-,64+,65+/m1/s1. The summed E-state index contributed by atoms with van der Waals surface area (Å²) >= 11 is 0. The van der Waals surface area contributed by atoms with E-state index in [2.05, 4.69) is 6.58 Å². The average Bonchev–Trinajstić information content (AvgIpc) is 3.48. The number of ether oxygens (including phenoxy) is 11. The average molecular weight is 1030 g/mol. The fraction of sp³-hybridized carbons (Fsp3) is 0.323. The number of benzene rings is 7. The lowest BCUT2D eigenvalue weighted by molar-refractivity contribution is -0.393. The van der Waals surface area contributed by atoms with E-state index in [1.54, 1.807) is 13.2 Å². The summed E-state index contributed by atoms with van der Waals surface area (Å²) < 4.78 is 76.8. The smallest absolute Gasteiger partial charge is 0.201 e. The predicted octanol–water partition coefficient (Wildman–Crippen LogP) is 11.8. The Kier molecular flexibility index (Phi) is 20.7. The Morgan fingerprint density at radius 2 is 0.737 bits per heavy atom. The molecule has 0 saturated carbocycles. The van der Waals surface area contributed by atoms with Crippen molar-refractivity contribution >= 4 is 0 Å². The third-order valence-electron chi connectivity index (χ3n) is 13.6. The number of hydrogen-bond acceptors (Lipinski definition) is 11. The molecule has 10 atom stereocenters. The Labute approximate surface area is 448 Å². The Bertz CT molecular complexity index is 2690. The summed E-state index contributed by atoms with van der Waals surface area (Å²) in [6.45, 7) is 6.27. The van der Waals surface area contributed by atoms with Gasteiger partial charge in [-0.15, -0.1) is 6.58 Å². The molecule has 0 spiro atoms. The summed E-state index contributed by atoms with van der Waals surface area (Å²) in [5.74, 6) is -1.55. The zero-order valence-corrected chi connectivity index (χ0v) is 43.2. The quantitative estimate of drug-likeness (QED) is 0.0438. The second kappa shape index (κ2) is 28.8. The van der Waals surface area contributed by atoms with Crippen molar-refractivity contribution in [2.75, 3.05) is 20.3 Å². The van der Waals surface area contributed by atoms with Gasteiger partial charge in [-0.2, -0.15) is 0 Å². The second-order valence-corrected chi connectivity index (χ2v) is 19.1. The van der Waals surface area contributed by atoms with Gasteiger partial charge in [-0.3, -0.25) is 0 Å². The first kappa shape index (κ1) is 54.6. The van der Waals surface area contributed by atoms with E-state index in [1.165, 1.54) is 0 Å². The van der Waals surface area contributed by atoms with Crippen molar-refractivity contribution < 1.29 is 52.1 Å². The summed E-state index contributed by atoms with van der Waals surface area (Å²) in [6.07, 6.45) is -4.98. The lowest BCUT2D eigenvalue weighted by Gasteiger charge is -2.53. The van der Waals surface area contributed by atoms with E-state index < -0.39 is 60.9 Å². The largest absolute Gasteiger partial charge is 0.374 e. The first-order chi connectivity index (χ1) is 37.6. The van der Waals surface area contributed by atoms with Gasteiger partial charge in [0.25, 0.3) is 0 Å². The maximum Gasteiger partial charge on any atom is 0.201 e. The molecule has 11 heteroatoms. The molecule has 0 aliphatic carbocycles. The molecule has 0 aromatic heterocycles. The van der Waals surface area contributed by atoms with Gasteiger partial charge in [0.2, 0.25) is 5.79 Å². The summed E-state index contributed by atoms with van der Waals surface area (Å²) in [5.41, 5.74) is 6.91. The van der Waals surface area contributed by atoms with Gasteiger partial charge >= 0.3 is 0 Å². The van der Waals surface area contributed by atoms with Crippen LogP contribution in [0.4, 0.5) is 0 Å². The van der Waals surface area contributed by atoms with Crippen LogP contribution in [0.15, 0.2) is 225 Å². The lowest BCUT2D eigenvalue weighted by Crippen LogP contribution is -2.69. The first-order valence-corrected chi connectivity index (χ1v) is 26.2. The van der Waals surface area contributed by atoms with Gasteiger partial charge in [0.05, 0.1) is 59.5 Å². The van der Waals surface area contributed by atoms with Gasteiger partial charge in [-0.05, 0) is 38.9 Å². The predicted molar refractivity (Wildman–Crippen MR) is 290 cm³/mol. The van der Waals surface area contributed by atoms with Gasteiger partial charge < -0.3 is 52.1 Å². The second-order valence-electron chi connectivity index (χ2n) is 19.1. The van der Waals surface area contributed by atoms with Crippen molar-refractivity contribution in [3.05, 3.63) is 264 Å². The molecule has 2 heterocycles. The van der Waals surface area contributed by atoms with Crippen LogP contribution in [0.1, 0.15) is 45.4 Å². The third kappa shape index (κ3) is 15.3. The van der Waals surface area contributed by atoms with E-state index in [4.69, 9.17) is 52.1 Å². The minimum atomic E-state index is -1.55. The van der Waals surface area contributed by atoms with Gasteiger partial charge in [-0.25, -0.2) is 0 Å². The molecule has 76 heavy (non-hydrogen) atoms. The van der Waals surface area contributed by atoms with Crippen molar-refractivity contribution in [1.29, 1.82) is 0 Å². The van der Waals surface area contributed by atoms with E-state index in [1.807, 2.05) is 212 Å². The Morgan fingerprint density at radius 1 is 0.395 bits per heavy atom. The minimum Gasteiger partial charge on any atom is -0.374 e. The molecular formula is C65H70O11. The fourth-order valence-corrected chi connectivity index (χ4v) is 9.75. The van der Waals surface area contributed by atoms with Crippen molar-refractivity contribution in [3.8, 4) is 0 Å². The monoisotopic (exact) mass is 1030 g/mol.